The van der Waals surface area contributed by atoms with Gasteiger partial charge in [0.15, 0.2) is 0 Å². The van der Waals surface area contributed by atoms with Crippen molar-refractivity contribution in [3.63, 3.8) is 0 Å². The first-order chi connectivity index (χ1) is 13.0. The fraction of sp³-hybridized carbons (Fsp3) is 0.476. The molecule has 1 atom stereocenters. The second kappa shape index (κ2) is 8.46. The lowest BCUT2D eigenvalue weighted by atomic mass is 10.0. The first-order valence-electron chi connectivity index (χ1n) is 9.29. The van der Waals surface area contributed by atoms with Crippen molar-refractivity contribution in [1.82, 2.24) is 5.32 Å². The van der Waals surface area contributed by atoms with Gasteiger partial charge in [-0.15, -0.1) is 0 Å². The number of nitrogens with one attached hydrogen (secondary N) is 1. The first kappa shape index (κ1) is 21.5. The summed E-state index contributed by atoms with van der Waals surface area (Å²) in [4.78, 5) is 36.0. The van der Waals surface area contributed by atoms with Crippen molar-refractivity contribution in [1.29, 1.82) is 0 Å². The Hall–Kier alpha value is -2.83. The predicted octanol–water partition coefficient (Wildman–Crippen LogP) is 3.87. The van der Waals surface area contributed by atoms with E-state index < -0.39 is 29.3 Å². The molecule has 7 nitrogen and oxygen atoms in total. The second-order valence-corrected chi connectivity index (χ2v) is 7.70. The number of ether oxygens (including phenoxy) is 2. The molecule has 2 rings (SSSR count). The van der Waals surface area contributed by atoms with Crippen LogP contribution in [0.1, 0.15) is 52.2 Å². The molecule has 2 aromatic rings. The van der Waals surface area contributed by atoms with Crippen molar-refractivity contribution >= 4 is 23.0 Å². The Morgan fingerprint density at radius 2 is 1.93 bits per heavy atom. The van der Waals surface area contributed by atoms with Crippen molar-refractivity contribution in [2.75, 3.05) is 0 Å². The van der Waals surface area contributed by atoms with Crippen LogP contribution in [0.25, 0.3) is 11.0 Å². The van der Waals surface area contributed by atoms with E-state index in [1.54, 1.807) is 39.8 Å². The van der Waals surface area contributed by atoms with Crippen LogP contribution < -0.4 is 15.7 Å². The number of fused-ring (bicyclic) bond motifs is 1. The summed E-state index contributed by atoms with van der Waals surface area (Å²) < 4.78 is 15.9. The molecule has 7 heteroatoms. The van der Waals surface area contributed by atoms with Gasteiger partial charge in [-0.2, -0.15) is 0 Å². The number of amides is 1. The molecule has 152 valence electrons. The van der Waals surface area contributed by atoms with Crippen LogP contribution in [0.2, 0.25) is 0 Å². The second-order valence-electron chi connectivity index (χ2n) is 7.70. The SMILES string of the molecule is CCCc1cc(=O)oc2c(C)c(OC(=O)[C@@H](C)NC(=O)OC(C)(C)C)ccc12. The van der Waals surface area contributed by atoms with E-state index in [9.17, 15) is 14.4 Å². The molecule has 1 heterocycles. The van der Waals surface area contributed by atoms with Gasteiger partial charge in [-0.25, -0.2) is 14.4 Å². The molecule has 1 N–H and O–H groups in total. The van der Waals surface area contributed by atoms with Crippen LogP contribution in [0.3, 0.4) is 0 Å². The van der Waals surface area contributed by atoms with Gasteiger partial charge in [-0.1, -0.05) is 13.3 Å². The van der Waals surface area contributed by atoms with E-state index in [1.807, 2.05) is 6.92 Å². The summed E-state index contributed by atoms with van der Waals surface area (Å²) in [5.41, 5.74) is 0.729. The molecule has 1 aromatic carbocycles. The van der Waals surface area contributed by atoms with Gasteiger partial charge in [0.2, 0.25) is 0 Å². The molecule has 0 saturated carbocycles. The van der Waals surface area contributed by atoms with Crippen molar-refractivity contribution < 1.29 is 23.5 Å². The average molecular weight is 389 g/mol. The number of benzene rings is 1. The van der Waals surface area contributed by atoms with Gasteiger partial charge in [0, 0.05) is 17.0 Å². The van der Waals surface area contributed by atoms with Crippen molar-refractivity contribution in [2.45, 2.75) is 66.0 Å². The van der Waals surface area contributed by atoms with Crippen LogP contribution >= 0.6 is 0 Å². The van der Waals surface area contributed by atoms with Gasteiger partial charge < -0.3 is 19.2 Å². The van der Waals surface area contributed by atoms with E-state index >= 15 is 0 Å². The zero-order valence-corrected chi connectivity index (χ0v) is 17.2. The minimum absolute atomic E-state index is 0.270. The highest BCUT2D eigenvalue weighted by molar-refractivity contribution is 5.87. The molecule has 1 amide bonds. The molecular formula is C21H27NO6. The minimum atomic E-state index is -0.914. The molecule has 0 bridgehead atoms. The Bertz CT molecular complexity index is 938. The van der Waals surface area contributed by atoms with E-state index in [0.717, 1.165) is 23.8 Å². The van der Waals surface area contributed by atoms with Crippen LogP contribution in [0.5, 0.6) is 5.75 Å². The number of carbonyl (C=O) groups is 2. The number of rotatable bonds is 5. The standard InChI is InChI=1S/C21H27NO6/c1-7-8-14-11-17(23)27-18-12(2)16(10-9-15(14)18)26-19(24)13(3)22-20(25)28-21(4,5)6/h9-11,13H,7-8H2,1-6H3,(H,22,25)/t13-/m1/s1. The predicted molar refractivity (Wildman–Crippen MR) is 106 cm³/mol. The Balaban J connectivity index is 2.22. The van der Waals surface area contributed by atoms with E-state index in [1.165, 1.54) is 13.0 Å². The van der Waals surface area contributed by atoms with E-state index in [2.05, 4.69) is 5.32 Å². The maximum atomic E-state index is 12.4. The third-order valence-corrected chi connectivity index (χ3v) is 4.01. The molecule has 0 aliphatic rings. The number of esters is 1. The highest BCUT2D eigenvalue weighted by Crippen LogP contribution is 2.29. The maximum absolute atomic E-state index is 12.4. The molecule has 0 radical (unpaired) electrons. The lowest BCUT2D eigenvalue weighted by molar-refractivity contribution is -0.136. The number of alkyl carbamates (subject to hydrolysis) is 1. The van der Waals surface area contributed by atoms with Crippen LogP contribution in [0.4, 0.5) is 4.79 Å². The topological polar surface area (TPSA) is 94.8 Å². The quantitative estimate of drug-likeness (QED) is 0.474. The summed E-state index contributed by atoms with van der Waals surface area (Å²) in [6, 6.07) is 4.01. The summed E-state index contributed by atoms with van der Waals surface area (Å²) in [6.45, 7) is 10.4. The summed E-state index contributed by atoms with van der Waals surface area (Å²) in [5, 5.41) is 3.26. The molecule has 0 fully saturated rings. The lowest BCUT2D eigenvalue weighted by Gasteiger charge is -2.21. The minimum Gasteiger partial charge on any atom is -0.444 e. The van der Waals surface area contributed by atoms with E-state index in [0.29, 0.717) is 11.1 Å². The van der Waals surface area contributed by atoms with Gasteiger partial charge in [0.1, 0.15) is 23.0 Å². The lowest BCUT2D eigenvalue weighted by Crippen LogP contribution is -2.43. The van der Waals surface area contributed by atoms with Gasteiger partial charge >= 0.3 is 17.7 Å². The zero-order chi connectivity index (χ0) is 21.1. The smallest absolute Gasteiger partial charge is 0.408 e. The largest absolute Gasteiger partial charge is 0.444 e. The summed E-state index contributed by atoms with van der Waals surface area (Å²) in [6.07, 6.45) is 0.932. The third-order valence-electron chi connectivity index (χ3n) is 4.01. The molecule has 0 aliphatic heterocycles. The van der Waals surface area contributed by atoms with Gasteiger partial charge in [-0.3, -0.25) is 0 Å². The maximum Gasteiger partial charge on any atom is 0.408 e. The van der Waals surface area contributed by atoms with Gasteiger partial charge in [0.25, 0.3) is 0 Å². The van der Waals surface area contributed by atoms with Crippen molar-refractivity contribution in [3.05, 3.63) is 39.7 Å². The Labute approximate surface area is 164 Å². The first-order valence-corrected chi connectivity index (χ1v) is 9.29. The molecule has 0 aliphatic carbocycles. The Morgan fingerprint density at radius 3 is 2.54 bits per heavy atom. The molecule has 0 saturated heterocycles. The fourth-order valence-electron chi connectivity index (χ4n) is 2.73. The summed E-state index contributed by atoms with van der Waals surface area (Å²) in [7, 11) is 0. The van der Waals surface area contributed by atoms with Crippen LogP contribution in [0, 0.1) is 6.92 Å². The highest BCUT2D eigenvalue weighted by Gasteiger charge is 2.23. The van der Waals surface area contributed by atoms with E-state index in [4.69, 9.17) is 13.9 Å². The number of hydrogen-bond donors (Lipinski definition) is 1. The van der Waals surface area contributed by atoms with Crippen molar-refractivity contribution in [2.24, 2.45) is 0 Å². The van der Waals surface area contributed by atoms with E-state index in [-0.39, 0.29) is 5.75 Å². The number of carbonyl (C=O) groups excluding carboxylic acids is 2. The third kappa shape index (κ3) is 5.34. The number of aryl methyl sites for hydroxylation is 2. The molecule has 0 spiro atoms. The zero-order valence-electron chi connectivity index (χ0n) is 17.2. The summed E-state index contributed by atoms with van der Waals surface area (Å²) >= 11 is 0. The normalized spacial score (nSPS) is 12.5. The van der Waals surface area contributed by atoms with Crippen LogP contribution in [-0.4, -0.2) is 23.7 Å². The molecule has 0 unspecified atom stereocenters. The van der Waals surface area contributed by atoms with Gasteiger partial charge in [0.05, 0.1) is 0 Å². The van der Waals surface area contributed by atoms with Crippen LogP contribution in [-0.2, 0) is 16.0 Å². The molecule has 1 aromatic heterocycles. The highest BCUT2D eigenvalue weighted by atomic mass is 16.6. The van der Waals surface area contributed by atoms with Crippen LogP contribution in [0.15, 0.2) is 27.4 Å². The average Bonchev–Trinajstić information content (AvgIpc) is 2.56. The Morgan fingerprint density at radius 1 is 1.25 bits per heavy atom. The van der Waals surface area contributed by atoms with Crippen molar-refractivity contribution in [3.8, 4) is 5.75 Å². The fourth-order valence-corrected chi connectivity index (χ4v) is 2.73. The summed E-state index contributed by atoms with van der Waals surface area (Å²) in [5.74, 6) is -0.382. The van der Waals surface area contributed by atoms with Gasteiger partial charge in [-0.05, 0) is 58.7 Å². The molecule has 28 heavy (non-hydrogen) atoms. The monoisotopic (exact) mass is 389 g/mol. The number of hydrogen-bond acceptors (Lipinski definition) is 6. The Kier molecular flexibility index (Phi) is 6.48. The molecular weight excluding hydrogens is 362 g/mol.